The van der Waals surface area contributed by atoms with Crippen molar-refractivity contribution in [1.29, 1.82) is 0 Å². The molecule has 5 heteroatoms. The summed E-state index contributed by atoms with van der Waals surface area (Å²) in [6.07, 6.45) is 0.464. The first-order valence-electron chi connectivity index (χ1n) is 7.97. The van der Waals surface area contributed by atoms with Crippen LogP contribution in [0.2, 0.25) is 0 Å². The fourth-order valence-electron chi connectivity index (χ4n) is 2.68. The van der Waals surface area contributed by atoms with E-state index in [9.17, 15) is 9.59 Å². The van der Waals surface area contributed by atoms with Gasteiger partial charge in [-0.3, -0.25) is 14.5 Å². The number of rotatable bonds is 7. The van der Waals surface area contributed by atoms with Crippen molar-refractivity contribution in [1.82, 2.24) is 4.90 Å². The van der Waals surface area contributed by atoms with Crippen molar-refractivity contribution in [2.45, 2.75) is 19.4 Å². The molecule has 0 amide bonds. The fraction of sp³-hybridized carbons (Fsp3) is 0.300. The van der Waals surface area contributed by atoms with E-state index in [4.69, 9.17) is 4.74 Å². The quantitative estimate of drug-likeness (QED) is 0.655. The van der Waals surface area contributed by atoms with Crippen molar-refractivity contribution in [3.8, 4) is 5.75 Å². The van der Waals surface area contributed by atoms with Crippen LogP contribution < -0.4 is 4.74 Å². The number of halogens is 1. The number of hydrogen-bond acceptors (Lipinski definition) is 4. The van der Waals surface area contributed by atoms with Crippen LogP contribution in [0.1, 0.15) is 33.2 Å². The first kappa shape index (κ1) is 19.3. The zero-order chi connectivity index (χ0) is 18.6. The molecule has 1 atom stereocenters. The molecule has 0 aliphatic carbocycles. The Morgan fingerprint density at radius 2 is 1.68 bits per heavy atom. The Hall–Kier alpha value is -1.98. The molecule has 0 heterocycles. The number of ketones is 2. The first-order chi connectivity index (χ1) is 11.8. The van der Waals surface area contributed by atoms with Crippen LogP contribution in [-0.2, 0) is 6.42 Å². The second kappa shape index (κ2) is 8.41. The van der Waals surface area contributed by atoms with Crippen LogP contribution in [0.25, 0.3) is 0 Å². The van der Waals surface area contributed by atoms with Crippen LogP contribution in [0.4, 0.5) is 0 Å². The summed E-state index contributed by atoms with van der Waals surface area (Å²) in [5.74, 6) is 0.706. The molecule has 25 heavy (non-hydrogen) atoms. The summed E-state index contributed by atoms with van der Waals surface area (Å²) in [5, 5.41) is 0. The van der Waals surface area contributed by atoms with Gasteiger partial charge in [0.15, 0.2) is 11.6 Å². The number of likely N-dealkylation sites (N-methyl/N-ethyl adjacent to an activating group) is 1. The van der Waals surface area contributed by atoms with Gasteiger partial charge < -0.3 is 4.74 Å². The molecule has 0 fully saturated rings. The Labute approximate surface area is 156 Å². The van der Waals surface area contributed by atoms with E-state index in [1.807, 2.05) is 49.3 Å². The lowest BCUT2D eigenvalue weighted by Gasteiger charge is -2.24. The van der Waals surface area contributed by atoms with Gasteiger partial charge in [0.05, 0.1) is 13.2 Å². The minimum Gasteiger partial charge on any atom is -0.496 e. The minimum absolute atomic E-state index is 0.00968. The van der Waals surface area contributed by atoms with Crippen LogP contribution in [-0.4, -0.2) is 43.7 Å². The predicted molar refractivity (Wildman–Crippen MR) is 103 cm³/mol. The van der Waals surface area contributed by atoms with E-state index in [0.29, 0.717) is 23.3 Å². The topological polar surface area (TPSA) is 46.6 Å². The number of carbonyl (C=O) groups excluding carboxylic acids is 2. The summed E-state index contributed by atoms with van der Waals surface area (Å²) in [6, 6.07) is 12.3. The van der Waals surface area contributed by atoms with E-state index in [1.54, 1.807) is 19.2 Å². The highest BCUT2D eigenvalue weighted by molar-refractivity contribution is 9.10. The molecule has 2 rings (SSSR count). The maximum absolute atomic E-state index is 13.0. The van der Waals surface area contributed by atoms with Crippen LogP contribution in [0, 0.1) is 0 Å². The first-order valence-corrected chi connectivity index (χ1v) is 8.77. The van der Waals surface area contributed by atoms with Gasteiger partial charge in [-0.2, -0.15) is 0 Å². The highest BCUT2D eigenvalue weighted by Gasteiger charge is 2.24. The molecule has 2 aromatic rings. The van der Waals surface area contributed by atoms with Gasteiger partial charge >= 0.3 is 0 Å². The Morgan fingerprint density at radius 1 is 1.08 bits per heavy atom. The SMILES string of the molecule is COc1ccc(C(C)=O)cc1C[C@H](C(=O)c1ccc(Br)cc1)N(C)C. The zero-order valence-electron chi connectivity index (χ0n) is 14.9. The van der Waals surface area contributed by atoms with Crippen molar-refractivity contribution in [2.75, 3.05) is 21.2 Å². The molecule has 0 bridgehead atoms. The molecule has 0 aliphatic rings. The maximum Gasteiger partial charge on any atom is 0.180 e. The third-order valence-electron chi connectivity index (χ3n) is 4.15. The second-order valence-corrected chi connectivity index (χ2v) is 7.05. The van der Waals surface area contributed by atoms with E-state index in [2.05, 4.69) is 15.9 Å². The van der Waals surface area contributed by atoms with Crippen molar-refractivity contribution in [3.63, 3.8) is 0 Å². The Balaban J connectivity index is 2.36. The molecule has 132 valence electrons. The zero-order valence-corrected chi connectivity index (χ0v) is 16.5. The average Bonchev–Trinajstić information content (AvgIpc) is 2.59. The highest BCUT2D eigenvalue weighted by atomic mass is 79.9. The monoisotopic (exact) mass is 403 g/mol. The predicted octanol–water partition coefficient (Wildman–Crippen LogP) is 4.02. The van der Waals surface area contributed by atoms with Crippen molar-refractivity contribution in [2.24, 2.45) is 0 Å². The molecule has 0 saturated carbocycles. The lowest BCUT2D eigenvalue weighted by molar-refractivity contribution is 0.0874. The lowest BCUT2D eigenvalue weighted by Crippen LogP contribution is -2.37. The number of ether oxygens (including phenoxy) is 1. The summed E-state index contributed by atoms with van der Waals surface area (Å²) in [4.78, 5) is 26.5. The van der Waals surface area contributed by atoms with Gasteiger partial charge in [-0.1, -0.05) is 28.1 Å². The van der Waals surface area contributed by atoms with Crippen molar-refractivity contribution in [3.05, 3.63) is 63.6 Å². The van der Waals surface area contributed by atoms with Crippen molar-refractivity contribution >= 4 is 27.5 Å². The van der Waals surface area contributed by atoms with Gasteiger partial charge in [0.25, 0.3) is 0 Å². The molecule has 0 unspecified atom stereocenters. The van der Waals surface area contributed by atoms with Gasteiger partial charge in [0, 0.05) is 15.6 Å². The van der Waals surface area contributed by atoms with Crippen molar-refractivity contribution < 1.29 is 14.3 Å². The standard InChI is InChI=1S/C20H22BrNO3/c1-13(23)15-7-10-19(25-4)16(11-15)12-18(22(2)3)20(24)14-5-8-17(21)9-6-14/h5-11,18H,12H2,1-4H3/t18-/m1/s1. The van der Waals surface area contributed by atoms with Crippen LogP contribution in [0.5, 0.6) is 5.75 Å². The third kappa shape index (κ3) is 4.77. The molecule has 0 N–H and O–H groups in total. The molecule has 0 spiro atoms. The number of nitrogens with zero attached hydrogens (tertiary/aromatic N) is 1. The summed E-state index contributed by atoms with van der Waals surface area (Å²) in [5.41, 5.74) is 2.12. The van der Waals surface area contributed by atoms with E-state index < -0.39 is 0 Å². The Kier molecular flexibility index (Phi) is 6.51. The van der Waals surface area contributed by atoms with Gasteiger partial charge in [-0.25, -0.2) is 0 Å². The minimum atomic E-state index is -0.350. The Morgan fingerprint density at radius 3 is 2.20 bits per heavy atom. The molecule has 0 saturated heterocycles. The van der Waals surface area contributed by atoms with Gasteiger partial charge in [0.1, 0.15) is 5.75 Å². The number of carbonyl (C=O) groups is 2. The number of methoxy groups -OCH3 is 1. The Bertz CT molecular complexity index is 769. The smallest absolute Gasteiger partial charge is 0.180 e. The van der Waals surface area contributed by atoms with E-state index in [-0.39, 0.29) is 17.6 Å². The summed E-state index contributed by atoms with van der Waals surface area (Å²) in [7, 11) is 5.35. The maximum atomic E-state index is 13.0. The lowest BCUT2D eigenvalue weighted by atomic mass is 9.95. The van der Waals surface area contributed by atoms with E-state index in [1.165, 1.54) is 6.92 Å². The average molecular weight is 404 g/mol. The van der Waals surface area contributed by atoms with Crippen LogP contribution in [0.15, 0.2) is 46.9 Å². The highest BCUT2D eigenvalue weighted by Crippen LogP contribution is 2.24. The van der Waals surface area contributed by atoms with E-state index in [0.717, 1.165) is 10.0 Å². The normalized spacial score (nSPS) is 12.1. The van der Waals surface area contributed by atoms with Gasteiger partial charge in [-0.15, -0.1) is 0 Å². The van der Waals surface area contributed by atoms with Gasteiger partial charge in [-0.05, 0) is 63.3 Å². The molecule has 0 radical (unpaired) electrons. The largest absolute Gasteiger partial charge is 0.496 e. The van der Waals surface area contributed by atoms with Crippen LogP contribution >= 0.6 is 15.9 Å². The number of benzene rings is 2. The third-order valence-corrected chi connectivity index (χ3v) is 4.68. The summed E-state index contributed by atoms with van der Waals surface area (Å²) >= 11 is 3.38. The summed E-state index contributed by atoms with van der Waals surface area (Å²) in [6.45, 7) is 1.53. The van der Waals surface area contributed by atoms with Crippen LogP contribution in [0.3, 0.4) is 0 Å². The summed E-state index contributed by atoms with van der Waals surface area (Å²) < 4.78 is 6.35. The molecule has 4 nitrogen and oxygen atoms in total. The molecular formula is C20H22BrNO3. The second-order valence-electron chi connectivity index (χ2n) is 6.14. The molecular weight excluding hydrogens is 382 g/mol. The molecule has 0 aromatic heterocycles. The fourth-order valence-corrected chi connectivity index (χ4v) is 2.95. The van der Waals surface area contributed by atoms with Gasteiger partial charge in [0.2, 0.25) is 0 Å². The molecule has 0 aliphatic heterocycles. The molecule has 2 aromatic carbocycles. The number of Topliss-reactive ketones (excluding diaryl/α,β-unsaturated/α-hetero) is 2. The number of hydrogen-bond donors (Lipinski definition) is 0. The van der Waals surface area contributed by atoms with E-state index >= 15 is 0 Å².